The van der Waals surface area contributed by atoms with Gasteiger partial charge in [0.1, 0.15) is 0 Å². The summed E-state index contributed by atoms with van der Waals surface area (Å²) in [7, 11) is 2.99. The summed E-state index contributed by atoms with van der Waals surface area (Å²) in [4.78, 5) is 10.2. The average Bonchev–Trinajstić information content (AvgIpc) is 1.65. The monoisotopic (exact) mass is 186 g/mol. The van der Waals surface area contributed by atoms with Crippen molar-refractivity contribution < 1.29 is 29.6 Å². The van der Waals surface area contributed by atoms with Crippen molar-refractivity contribution in [1.82, 2.24) is 3.46 Å². The van der Waals surface area contributed by atoms with Gasteiger partial charge >= 0.3 is 53.3 Å². The van der Waals surface area contributed by atoms with Gasteiger partial charge in [-0.1, -0.05) is 0 Å². The van der Waals surface area contributed by atoms with Crippen molar-refractivity contribution in [3.63, 3.8) is 0 Å². The number of carbonyl (C=O) groups is 1. The Labute approximate surface area is 53.8 Å². The van der Waals surface area contributed by atoms with Gasteiger partial charge in [-0.25, -0.2) is 0 Å². The van der Waals surface area contributed by atoms with Gasteiger partial charge in [-0.15, -0.1) is 0 Å². The Morgan fingerprint density at radius 1 is 1.86 bits per heavy atom. The van der Waals surface area contributed by atoms with Gasteiger partial charge in [0.05, 0.1) is 0 Å². The quantitative estimate of drug-likeness (QED) is 0.501. The van der Waals surface area contributed by atoms with Crippen LogP contribution < -0.4 is 0 Å². The maximum atomic E-state index is 10.2. The first kappa shape index (κ1) is 6.96. The number of hydrogen-bond donors (Lipinski definition) is 0. The molecule has 0 N–H and O–H groups in total. The van der Waals surface area contributed by atoms with E-state index in [0.29, 0.717) is 0 Å². The molecule has 0 rings (SSSR count). The van der Waals surface area contributed by atoms with Gasteiger partial charge < -0.3 is 0 Å². The molecule has 0 aromatic carbocycles. The summed E-state index contributed by atoms with van der Waals surface area (Å²) in [6, 6.07) is 0. The first-order valence-corrected chi connectivity index (χ1v) is 2.57. The van der Waals surface area contributed by atoms with E-state index in [2.05, 4.69) is 4.74 Å². The van der Waals surface area contributed by atoms with E-state index in [-0.39, 0.29) is 6.09 Å². The molecule has 0 atom stereocenters. The molecule has 41 valence electrons. The first-order chi connectivity index (χ1) is 3.18. The van der Waals surface area contributed by atoms with Crippen LogP contribution in [0.15, 0.2) is 0 Å². The molecule has 7 heavy (non-hydrogen) atoms. The molecule has 0 aliphatic rings. The van der Waals surface area contributed by atoms with Gasteiger partial charge in [0.25, 0.3) is 0 Å². The Bertz CT molecular complexity index is 73.3. The molecular formula is C3H6MoNO2. The minimum absolute atomic E-state index is 0.315. The number of carbonyl (C=O) groups excluding carboxylic acids is 1. The summed E-state index contributed by atoms with van der Waals surface area (Å²) >= 11 is 1.57. The normalized spacial score (nSPS) is 7.71. The summed E-state index contributed by atoms with van der Waals surface area (Å²) < 4.78 is 5.67. The van der Waals surface area contributed by atoms with E-state index in [9.17, 15) is 4.79 Å². The number of hydrogen-bond acceptors (Lipinski definition) is 2. The van der Waals surface area contributed by atoms with Crippen LogP contribution >= 0.6 is 0 Å². The zero-order valence-electron chi connectivity index (χ0n) is 4.17. The topological polar surface area (TPSA) is 29.5 Å². The van der Waals surface area contributed by atoms with Gasteiger partial charge in [0.2, 0.25) is 0 Å². The van der Waals surface area contributed by atoms with Crippen molar-refractivity contribution in [2.24, 2.45) is 0 Å². The zero-order chi connectivity index (χ0) is 5.86. The molecule has 0 saturated heterocycles. The molecule has 0 radical (unpaired) electrons. The van der Waals surface area contributed by atoms with Crippen molar-refractivity contribution in [2.45, 2.75) is 0 Å². The fraction of sp³-hybridized carbons (Fsp3) is 0.667. The minimum atomic E-state index is -0.315. The molecule has 4 heteroatoms. The second kappa shape index (κ2) is 3.03. The molecule has 0 saturated carbocycles. The molecule has 0 aromatic heterocycles. The van der Waals surface area contributed by atoms with E-state index >= 15 is 0 Å². The second-order valence-electron chi connectivity index (χ2n) is 0.967. The number of methoxy groups -OCH3 is 1. The van der Waals surface area contributed by atoms with E-state index < -0.39 is 0 Å². The fourth-order valence-corrected chi connectivity index (χ4v) is 0.312. The van der Waals surface area contributed by atoms with Gasteiger partial charge in [-0.3, -0.25) is 0 Å². The van der Waals surface area contributed by atoms with Gasteiger partial charge in [0, 0.05) is 0 Å². The van der Waals surface area contributed by atoms with E-state index in [4.69, 9.17) is 0 Å². The van der Waals surface area contributed by atoms with E-state index in [0.717, 1.165) is 0 Å². The van der Waals surface area contributed by atoms with Gasteiger partial charge in [0.15, 0.2) is 0 Å². The van der Waals surface area contributed by atoms with Crippen LogP contribution in [0.4, 0.5) is 4.79 Å². The van der Waals surface area contributed by atoms with Crippen LogP contribution in [0, 0.1) is 0 Å². The third-order valence-electron chi connectivity index (χ3n) is 0.432. The predicted octanol–water partition coefficient (Wildman–Crippen LogP) is 0.146. The van der Waals surface area contributed by atoms with Crippen LogP contribution in [0.1, 0.15) is 0 Å². The van der Waals surface area contributed by atoms with E-state index in [1.54, 1.807) is 27.1 Å². The summed E-state index contributed by atoms with van der Waals surface area (Å²) in [5.74, 6) is 0. The van der Waals surface area contributed by atoms with Crippen molar-refractivity contribution in [3.8, 4) is 0 Å². The molecule has 0 heterocycles. The number of ether oxygens (including phenoxy) is 1. The summed E-state index contributed by atoms with van der Waals surface area (Å²) in [5.41, 5.74) is 0. The molecule has 3 nitrogen and oxygen atoms in total. The van der Waals surface area contributed by atoms with Crippen LogP contribution in [0.3, 0.4) is 0 Å². The third kappa shape index (κ3) is 2.63. The van der Waals surface area contributed by atoms with Crippen LogP contribution in [0.25, 0.3) is 0 Å². The van der Waals surface area contributed by atoms with Crippen molar-refractivity contribution in [2.75, 3.05) is 14.2 Å². The fourth-order valence-electron chi connectivity index (χ4n) is 0.129. The molecule has 0 bridgehead atoms. The summed E-state index contributed by atoms with van der Waals surface area (Å²) in [5, 5.41) is 0. The van der Waals surface area contributed by atoms with E-state index in [1.807, 2.05) is 0 Å². The maximum absolute atomic E-state index is 10.2. The number of rotatable bonds is 0. The molecule has 0 fully saturated rings. The van der Waals surface area contributed by atoms with Crippen LogP contribution in [0.5, 0.6) is 0 Å². The number of nitrogens with zero attached hydrogens (tertiary/aromatic N) is 1. The molecule has 0 aliphatic carbocycles. The Morgan fingerprint density at radius 2 is 2.29 bits per heavy atom. The molecule has 0 aromatic rings. The zero-order valence-corrected chi connectivity index (χ0v) is 6.18. The summed E-state index contributed by atoms with van der Waals surface area (Å²) in [6.07, 6.45) is -0.315. The molecular weight excluding hydrogens is 178 g/mol. The Balaban J connectivity index is 3.35. The molecule has 0 spiro atoms. The second-order valence-corrected chi connectivity index (χ2v) is 2.31. The van der Waals surface area contributed by atoms with Crippen LogP contribution in [0.2, 0.25) is 0 Å². The van der Waals surface area contributed by atoms with Crippen LogP contribution in [-0.4, -0.2) is 23.7 Å². The van der Waals surface area contributed by atoms with Gasteiger partial charge in [-0.2, -0.15) is 0 Å². The Morgan fingerprint density at radius 3 is 2.29 bits per heavy atom. The third-order valence-corrected chi connectivity index (χ3v) is 0.798. The van der Waals surface area contributed by atoms with Gasteiger partial charge in [-0.05, 0) is 0 Å². The Kier molecular flexibility index (Phi) is 3.01. The van der Waals surface area contributed by atoms with Crippen molar-refractivity contribution >= 4 is 6.09 Å². The first-order valence-electron chi connectivity index (χ1n) is 1.67. The molecule has 0 unspecified atom stereocenters. The van der Waals surface area contributed by atoms with Crippen molar-refractivity contribution in [1.29, 1.82) is 0 Å². The van der Waals surface area contributed by atoms with E-state index in [1.165, 1.54) is 10.6 Å². The predicted molar refractivity (Wildman–Crippen MR) is 20.2 cm³/mol. The Hall–Kier alpha value is -0.0417. The summed E-state index contributed by atoms with van der Waals surface area (Å²) in [6.45, 7) is 0. The average molecular weight is 184 g/mol. The number of amides is 1. The molecule has 0 aliphatic heterocycles. The SMILES string of the molecule is COC(=O)[N](C)[Mo]. The standard InChI is InChI=1S/C3H7NO2.Mo/c1-4-3(5)6-2;/h1-2H3,(H,4,5);/q;+1/p-1. The van der Waals surface area contributed by atoms with Crippen molar-refractivity contribution in [3.05, 3.63) is 0 Å². The van der Waals surface area contributed by atoms with Crippen LogP contribution in [-0.2, 0) is 24.8 Å². The molecule has 1 amide bonds.